The lowest BCUT2D eigenvalue weighted by Gasteiger charge is -2.19. The van der Waals surface area contributed by atoms with Gasteiger partial charge in [-0.3, -0.25) is 14.6 Å². The molecule has 1 saturated heterocycles. The molecule has 0 saturated carbocycles. The maximum Gasteiger partial charge on any atom is 0.268 e. The Balaban J connectivity index is 1.49. The van der Waals surface area contributed by atoms with Crippen molar-refractivity contribution in [2.24, 2.45) is 0 Å². The number of pyridine rings is 1. The van der Waals surface area contributed by atoms with Crippen molar-refractivity contribution in [1.82, 2.24) is 15.2 Å². The van der Waals surface area contributed by atoms with Crippen molar-refractivity contribution in [1.29, 1.82) is 5.26 Å². The number of aromatic nitrogens is 1. The van der Waals surface area contributed by atoms with E-state index in [1.165, 1.54) is 6.20 Å². The number of benzene rings is 1. The zero-order valence-corrected chi connectivity index (χ0v) is 16.0. The zero-order valence-electron chi connectivity index (χ0n) is 16.0. The summed E-state index contributed by atoms with van der Waals surface area (Å²) in [5.74, 6) is -4.33. The number of hydrogen-bond donors (Lipinski definition) is 2. The van der Waals surface area contributed by atoms with Crippen LogP contribution in [0.15, 0.2) is 36.7 Å². The van der Waals surface area contributed by atoms with Crippen molar-refractivity contribution in [3.05, 3.63) is 47.8 Å². The maximum atomic E-state index is 13.5. The molecular formula is C21H19F2N5O2. The van der Waals surface area contributed by atoms with Crippen molar-refractivity contribution >= 4 is 17.5 Å². The number of nitriles is 1. The lowest BCUT2D eigenvalue weighted by Crippen LogP contribution is -2.43. The second kappa shape index (κ2) is 7.71. The number of carbonyl (C=O) groups is 2. The Morgan fingerprint density at radius 2 is 2.20 bits per heavy atom. The van der Waals surface area contributed by atoms with Crippen molar-refractivity contribution in [2.45, 2.75) is 24.8 Å². The number of nitrogens with one attached hydrogen (secondary N) is 2. The molecule has 0 spiro atoms. The van der Waals surface area contributed by atoms with Crippen LogP contribution in [0.25, 0.3) is 11.1 Å². The Morgan fingerprint density at radius 1 is 1.37 bits per heavy atom. The number of hydrogen-bond acceptors (Lipinski definition) is 5. The molecule has 2 amide bonds. The van der Waals surface area contributed by atoms with Crippen LogP contribution >= 0.6 is 0 Å². The molecule has 1 aromatic heterocycles. The van der Waals surface area contributed by atoms with Gasteiger partial charge in [0.25, 0.3) is 11.8 Å². The number of alkyl halides is 2. The number of anilines is 1. The van der Waals surface area contributed by atoms with Gasteiger partial charge in [0.2, 0.25) is 5.91 Å². The summed E-state index contributed by atoms with van der Waals surface area (Å²) in [5, 5.41) is 14.8. The molecule has 30 heavy (non-hydrogen) atoms. The van der Waals surface area contributed by atoms with Crippen LogP contribution in [-0.2, 0) is 11.2 Å². The van der Waals surface area contributed by atoms with E-state index in [1.54, 1.807) is 18.3 Å². The lowest BCUT2D eigenvalue weighted by atomic mass is 9.98. The topological polar surface area (TPSA) is 98.1 Å². The van der Waals surface area contributed by atoms with E-state index < -0.39 is 43.3 Å². The lowest BCUT2D eigenvalue weighted by molar-refractivity contribution is -0.131. The Kier molecular flexibility index (Phi) is 5.08. The Bertz CT molecular complexity index is 1050. The zero-order chi connectivity index (χ0) is 21.3. The predicted octanol–water partition coefficient (Wildman–Crippen LogP) is 2.21. The molecule has 1 aromatic carbocycles. The summed E-state index contributed by atoms with van der Waals surface area (Å²) in [5.41, 5.74) is 3.97. The minimum absolute atomic E-state index is 0.326. The van der Waals surface area contributed by atoms with Gasteiger partial charge in [-0.25, -0.2) is 8.78 Å². The smallest absolute Gasteiger partial charge is 0.268 e. The van der Waals surface area contributed by atoms with Crippen molar-refractivity contribution in [2.75, 3.05) is 25.0 Å². The Labute approximate surface area is 171 Å². The normalized spacial score (nSPS) is 19.0. The van der Waals surface area contributed by atoms with Gasteiger partial charge in [0.05, 0.1) is 24.7 Å². The number of carbonyl (C=O) groups excluding carboxylic acids is 2. The second-order valence-corrected chi connectivity index (χ2v) is 7.38. The first-order valence-electron chi connectivity index (χ1n) is 9.54. The number of rotatable bonds is 4. The van der Waals surface area contributed by atoms with E-state index in [0.29, 0.717) is 11.1 Å². The molecule has 0 radical (unpaired) electrons. The summed E-state index contributed by atoms with van der Waals surface area (Å²) in [6, 6.07) is 7.91. The molecule has 0 unspecified atom stereocenters. The summed E-state index contributed by atoms with van der Waals surface area (Å²) in [7, 11) is 0. The number of nitrogens with zero attached hydrogens (tertiary/aromatic N) is 3. The standard InChI is InChI=1S/C21H19F2N5O2/c22-21(23)8-15(9-24)28(12-21)19(29)11-27-20(30)16-4-5-25-10-17(16)13-1-2-18-14(7-13)3-6-26-18/h1-2,4-5,7,10,15,26H,3,6,8,11-12H2,(H,27,30)/t15-/m0/s1. The second-order valence-electron chi connectivity index (χ2n) is 7.38. The average Bonchev–Trinajstić information content (AvgIpc) is 3.34. The first-order chi connectivity index (χ1) is 14.4. The molecule has 154 valence electrons. The van der Waals surface area contributed by atoms with Gasteiger partial charge >= 0.3 is 0 Å². The van der Waals surface area contributed by atoms with Gasteiger partial charge in [0.15, 0.2) is 0 Å². The van der Waals surface area contributed by atoms with E-state index in [9.17, 15) is 18.4 Å². The van der Waals surface area contributed by atoms with Crippen LogP contribution in [-0.4, -0.2) is 53.3 Å². The Morgan fingerprint density at radius 3 is 3.00 bits per heavy atom. The number of halogens is 2. The molecule has 4 rings (SSSR count). The number of likely N-dealkylation sites (tertiary alicyclic amines) is 1. The van der Waals surface area contributed by atoms with Crippen LogP contribution in [0.5, 0.6) is 0 Å². The van der Waals surface area contributed by atoms with E-state index in [2.05, 4.69) is 15.6 Å². The fourth-order valence-corrected chi connectivity index (χ4v) is 3.84. The average molecular weight is 411 g/mol. The summed E-state index contributed by atoms with van der Waals surface area (Å²) in [6.07, 6.45) is 3.25. The minimum atomic E-state index is -3.10. The van der Waals surface area contributed by atoms with Gasteiger partial charge in [-0.1, -0.05) is 6.07 Å². The molecule has 2 aliphatic heterocycles. The minimum Gasteiger partial charge on any atom is -0.384 e. The maximum absolute atomic E-state index is 13.5. The monoisotopic (exact) mass is 411 g/mol. The molecule has 1 atom stereocenters. The van der Waals surface area contributed by atoms with Gasteiger partial charge in [-0.15, -0.1) is 0 Å². The highest BCUT2D eigenvalue weighted by Crippen LogP contribution is 2.32. The van der Waals surface area contributed by atoms with E-state index >= 15 is 0 Å². The molecule has 2 aliphatic rings. The third-order valence-corrected chi connectivity index (χ3v) is 5.33. The molecule has 2 aromatic rings. The fourth-order valence-electron chi connectivity index (χ4n) is 3.84. The first-order valence-corrected chi connectivity index (χ1v) is 9.54. The molecule has 2 N–H and O–H groups in total. The van der Waals surface area contributed by atoms with Gasteiger partial charge in [-0.05, 0) is 35.7 Å². The highest BCUT2D eigenvalue weighted by atomic mass is 19.3. The van der Waals surface area contributed by atoms with Crippen LogP contribution < -0.4 is 10.6 Å². The molecule has 0 aliphatic carbocycles. The third-order valence-electron chi connectivity index (χ3n) is 5.33. The van der Waals surface area contributed by atoms with Gasteiger partial charge in [-0.2, -0.15) is 5.26 Å². The van der Waals surface area contributed by atoms with Crippen LogP contribution in [0.1, 0.15) is 22.3 Å². The molecule has 7 nitrogen and oxygen atoms in total. The molecule has 0 bridgehead atoms. The predicted molar refractivity (Wildman–Crippen MR) is 105 cm³/mol. The van der Waals surface area contributed by atoms with Crippen LogP contribution in [0.2, 0.25) is 0 Å². The SMILES string of the molecule is N#C[C@@H]1CC(F)(F)CN1C(=O)CNC(=O)c1ccncc1-c1ccc2c(c1)CCN2. The number of fused-ring (bicyclic) bond motifs is 1. The molecule has 1 fully saturated rings. The molecule has 9 heteroatoms. The van der Waals surface area contributed by atoms with Crippen molar-refractivity contribution in [3.63, 3.8) is 0 Å². The van der Waals surface area contributed by atoms with Crippen molar-refractivity contribution in [3.8, 4) is 17.2 Å². The van der Waals surface area contributed by atoms with Crippen molar-refractivity contribution < 1.29 is 18.4 Å². The van der Waals surface area contributed by atoms with E-state index in [0.717, 1.165) is 34.7 Å². The largest absolute Gasteiger partial charge is 0.384 e. The highest BCUT2D eigenvalue weighted by molar-refractivity contribution is 6.02. The summed E-state index contributed by atoms with van der Waals surface area (Å²) < 4.78 is 27.1. The summed E-state index contributed by atoms with van der Waals surface area (Å²) >= 11 is 0. The van der Waals surface area contributed by atoms with E-state index in [4.69, 9.17) is 5.26 Å². The van der Waals surface area contributed by atoms with E-state index in [-0.39, 0.29) is 0 Å². The summed E-state index contributed by atoms with van der Waals surface area (Å²) in [6.45, 7) is -0.424. The third kappa shape index (κ3) is 3.81. The fraction of sp³-hybridized carbons (Fsp3) is 0.333. The number of amides is 2. The van der Waals surface area contributed by atoms with Crippen LogP contribution in [0.3, 0.4) is 0 Å². The molecule has 3 heterocycles. The quantitative estimate of drug-likeness (QED) is 0.804. The van der Waals surface area contributed by atoms with Gasteiger partial charge in [0.1, 0.15) is 6.04 Å². The van der Waals surface area contributed by atoms with Crippen LogP contribution in [0, 0.1) is 11.3 Å². The van der Waals surface area contributed by atoms with Gasteiger partial charge in [0, 0.05) is 36.6 Å². The molecular weight excluding hydrogens is 392 g/mol. The van der Waals surface area contributed by atoms with Crippen LogP contribution in [0.4, 0.5) is 14.5 Å². The Hall–Kier alpha value is -3.54. The van der Waals surface area contributed by atoms with Gasteiger partial charge < -0.3 is 15.5 Å². The summed E-state index contributed by atoms with van der Waals surface area (Å²) in [4.78, 5) is 30.0. The highest BCUT2D eigenvalue weighted by Gasteiger charge is 2.47. The van der Waals surface area contributed by atoms with E-state index in [1.807, 2.05) is 18.2 Å². The first kappa shape index (κ1) is 19.8.